The second-order valence-corrected chi connectivity index (χ2v) is 7.07. The van der Waals surface area contributed by atoms with Crippen LogP contribution in [-0.4, -0.2) is 34.7 Å². The lowest BCUT2D eigenvalue weighted by molar-refractivity contribution is 0.0467. The molecule has 2 aromatic heterocycles. The summed E-state index contributed by atoms with van der Waals surface area (Å²) in [6.07, 6.45) is 3.94. The molecular formula is C22H22N2O5. The molecule has 150 valence electrons. The van der Waals surface area contributed by atoms with Gasteiger partial charge in [-0.25, -0.2) is 9.78 Å². The molecule has 0 unspecified atom stereocenters. The fraction of sp³-hybridized carbons (Fsp3) is 0.318. The van der Waals surface area contributed by atoms with Crippen LogP contribution in [0.3, 0.4) is 0 Å². The molecular weight excluding hydrogens is 372 g/mol. The summed E-state index contributed by atoms with van der Waals surface area (Å²) < 4.78 is 18.0. The van der Waals surface area contributed by atoms with Gasteiger partial charge in [0.05, 0.1) is 17.4 Å². The van der Waals surface area contributed by atoms with Crippen LogP contribution >= 0.6 is 0 Å². The standard InChI is InChI=1S/C22H22N2O5/c1-15-4-9-20-23-17(11-21(25)24(20)12-15)13-29-22(26)16-5-7-18(8-6-16)28-14-19-3-2-10-27-19/h4-9,11-12,19H,2-3,10,13-14H2,1H3/t19-/m1/s1. The number of hydrogen-bond acceptors (Lipinski definition) is 6. The zero-order chi connectivity index (χ0) is 20.2. The van der Waals surface area contributed by atoms with E-state index in [1.165, 1.54) is 10.5 Å². The SMILES string of the molecule is Cc1ccc2nc(COC(=O)c3ccc(OC[C@H]4CCCO4)cc3)cc(=O)n2c1. The van der Waals surface area contributed by atoms with E-state index in [0.717, 1.165) is 25.0 Å². The van der Waals surface area contributed by atoms with Crippen LogP contribution in [0.25, 0.3) is 5.65 Å². The van der Waals surface area contributed by atoms with Gasteiger partial charge in [0.25, 0.3) is 5.56 Å². The minimum absolute atomic E-state index is 0.0737. The Hall–Kier alpha value is -3.19. The predicted molar refractivity (Wildman–Crippen MR) is 106 cm³/mol. The summed E-state index contributed by atoms with van der Waals surface area (Å²) in [5.41, 5.74) is 2.08. The van der Waals surface area contributed by atoms with Crippen molar-refractivity contribution in [1.82, 2.24) is 9.38 Å². The molecule has 7 heteroatoms. The number of aromatic nitrogens is 2. The largest absolute Gasteiger partial charge is 0.491 e. The fourth-order valence-electron chi connectivity index (χ4n) is 3.21. The number of esters is 1. The number of aryl methyl sites for hydroxylation is 1. The first-order chi connectivity index (χ1) is 14.1. The number of pyridine rings is 1. The molecule has 1 atom stereocenters. The molecule has 0 spiro atoms. The summed E-state index contributed by atoms with van der Waals surface area (Å²) >= 11 is 0. The summed E-state index contributed by atoms with van der Waals surface area (Å²) in [5.74, 6) is 0.193. The smallest absolute Gasteiger partial charge is 0.338 e. The molecule has 1 fully saturated rings. The molecule has 1 aromatic carbocycles. The second-order valence-electron chi connectivity index (χ2n) is 7.07. The third-order valence-corrected chi connectivity index (χ3v) is 4.76. The van der Waals surface area contributed by atoms with E-state index in [2.05, 4.69) is 4.98 Å². The molecule has 29 heavy (non-hydrogen) atoms. The maximum absolute atomic E-state index is 12.3. The van der Waals surface area contributed by atoms with Crippen LogP contribution in [0.5, 0.6) is 5.75 Å². The van der Waals surface area contributed by atoms with Crippen LogP contribution in [0.2, 0.25) is 0 Å². The average molecular weight is 394 g/mol. The molecule has 0 bridgehead atoms. The van der Waals surface area contributed by atoms with Crippen LogP contribution in [0.15, 0.2) is 53.5 Å². The lowest BCUT2D eigenvalue weighted by Gasteiger charge is -2.11. The lowest BCUT2D eigenvalue weighted by atomic mass is 10.2. The average Bonchev–Trinajstić information content (AvgIpc) is 3.25. The van der Waals surface area contributed by atoms with Crippen molar-refractivity contribution in [1.29, 1.82) is 0 Å². The van der Waals surface area contributed by atoms with E-state index in [4.69, 9.17) is 14.2 Å². The molecule has 0 amide bonds. The number of carbonyl (C=O) groups excluding carboxylic acids is 1. The first kappa shape index (κ1) is 19.1. The van der Waals surface area contributed by atoms with Gasteiger partial charge in [-0.2, -0.15) is 0 Å². The van der Waals surface area contributed by atoms with Crippen LogP contribution in [-0.2, 0) is 16.1 Å². The van der Waals surface area contributed by atoms with Crippen molar-refractivity contribution < 1.29 is 19.0 Å². The molecule has 3 aromatic rings. The number of ether oxygens (including phenoxy) is 3. The van der Waals surface area contributed by atoms with E-state index >= 15 is 0 Å². The van der Waals surface area contributed by atoms with E-state index < -0.39 is 5.97 Å². The Balaban J connectivity index is 1.36. The maximum Gasteiger partial charge on any atom is 0.338 e. The van der Waals surface area contributed by atoms with Crippen LogP contribution in [0, 0.1) is 6.92 Å². The summed E-state index contributed by atoms with van der Waals surface area (Å²) in [6.45, 7) is 3.12. The number of carbonyl (C=O) groups is 1. The summed E-state index contributed by atoms with van der Waals surface area (Å²) in [5, 5.41) is 0. The van der Waals surface area contributed by atoms with Gasteiger partial charge < -0.3 is 14.2 Å². The van der Waals surface area contributed by atoms with Crippen molar-refractivity contribution in [2.24, 2.45) is 0 Å². The predicted octanol–water partition coefficient (Wildman–Crippen LogP) is 2.92. The first-order valence-electron chi connectivity index (χ1n) is 9.59. The molecule has 1 saturated heterocycles. The van der Waals surface area contributed by atoms with Crippen LogP contribution in [0.4, 0.5) is 0 Å². The highest BCUT2D eigenvalue weighted by Gasteiger charge is 2.16. The molecule has 0 N–H and O–H groups in total. The first-order valence-corrected chi connectivity index (χ1v) is 9.59. The van der Waals surface area contributed by atoms with E-state index in [1.54, 1.807) is 36.5 Å². The van der Waals surface area contributed by atoms with Gasteiger partial charge >= 0.3 is 5.97 Å². The molecule has 1 aliphatic rings. The van der Waals surface area contributed by atoms with Gasteiger partial charge in [-0.15, -0.1) is 0 Å². The summed E-state index contributed by atoms with van der Waals surface area (Å²) in [7, 11) is 0. The van der Waals surface area contributed by atoms with Crippen LogP contribution in [0.1, 0.15) is 34.5 Å². The number of benzene rings is 1. The zero-order valence-corrected chi connectivity index (χ0v) is 16.2. The van der Waals surface area contributed by atoms with Crippen molar-refractivity contribution in [2.45, 2.75) is 32.5 Å². The molecule has 4 rings (SSSR count). The highest BCUT2D eigenvalue weighted by atomic mass is 16.5. The van der Waals surface area contributed by atoms with Crippen molar-refractivity contribution >= 4 is 11.6 Å². The Morgan fingerprint density at radius 2 is 2.07 bits per heavy atom. The van der Waals surface area contributed by atoms with Gasteiger partial charge in [0, 0.05) is 18.9 Å². The Labute approximate surface area is 167 Å². The van der Waals surface area contributed by atoms with E-state index in [9.17, 15) is 9.59 Å². The Morgan fingerprint density at radius 3 is 2.83 bits per heavy atom. The lowest BCUT2D eigenvalue weighted by Crippen LogP contribution is -2.17. The number of rotatable bonds is 6. The molecule has 1 aliphatic heterocycles. The normalized spacial score (nSPS) is 16.1. The third-order valence-electron chi connectivity index (χ3n) is 4.76. The topological polar surface area (TPSA) is 79.1 Å². The summed E-state index contributed by atoms with van der Waals surface area (Å²) in [6, 6.07) is 11.8. The highest BCUT2D eigenvalue weighted by molar-refractivity contribution is 5.89. The molecule has 3 heterocycles. The number of fused-ring (bicyclic) bond motifs is 1. The molecule has 0 radical (unpaired) electrons. The third kappa shape index (κ3) is 4.63. The highest BCUT2D eigenvalue weighted by Crippen LogP contribution is 2.17. The number of hydrogen-bond donors (Lipinski definition) is 0. The fourth-order valence-corrected chi connectivity index (χ4v) is 3.21. The Bertz CT molecular complexity index is 1070. The van der Waals surface area contributed by atoms with Gasteiger partial charge in [-0.3, -0.25) is 9.20 Å². The monoisotopic (exact) mass is 394 g/mol. The van der Waals surface area contributed by atoms with E-state index in [0.29, 0.717) is 29.3 Å². The van der Waals surface area contributed by atoms with Gasteiger partial charge in [-0.1, -0.05) is 6.07 Å². The van der Waals surface area contributed by atoms with Crippen molar-refractivity contribution in [2.75, 3.05) is 13.2 Å². The minimum Gasteiger partial charge on any atom is -0.491 e. The zero-order valence-electron chi connectivity index (χ0n) is 16.2. The molecule has 7 nitrogen and oxygen atoms in total. The van der Waals surface area contributed by atoms with Gasteiger partial charge in [-0.05, 0) is 55.7 Å². The Morgan fingerprint density at radius 1 is 1.24 bits per heavy atom. The minimum atomic E-state index is -0.485. The van der Waals surface area contributed by atoms with E-state index in [1.807, 2.05) is 13.0 Å². The van der Waals surface area contributed by atoms with Gasteiger partial charge in [0.2, 0.25) is 0 Å². The van der Waals surface area contributed by atoms with Gasteiger partial charge in [0.1, 0.15) is 24.6 Å². The van der Waals surface area contributed by atoms with Crippen molar-refractivity contribution in [3.8, 4) is 5.75 Å². The molecule has 0 aliphatic carbocycles. The van der Waals surface area contributed by atoms with Crippen molar-refractivity contribution in [3.63, 3.8) is 0 Å². The van der Waals surface area contributed by atoms with Gasteiger partial charge in [0.15, 0.2) is 0 Å². The second kappa shape index (κ2) is 8.45. The van der Waals surface area contributed by atoms with E-state index in [-0.39, 0.29) is 18.3 Å². The van der Waals surface area contributed by atoms with Crippen LogP contribution < -0.4 is 10.3 Å². The molecule has 0 saturated carbocycles. The number of nitrogens with zero attached hydrogens (tertiary/aromatic N) is 2. The summed E-state index contributed by atoms with van der Waals surface area (Å²) in [4.78, 5) is 28.9. The maximum atomic E-state index is 12.3. The van der Waals surface area contributed by atoms with Crippen molar-refractivity contribution in [3.05, 3.63) is 75.8 Å². The quantitative estimate of drug-likeness (QED) is 0.598. The Kier molecular flexibility index (Phi) is 5.57.